The van der Waals surface area contributed by atoms with Crippen LogP contribution in [0.15, 0.2) is 22.5 Å². The first-order valence-corrected chi connectivity index (χ1v) is 8.51. The Labute approximate surface area is 132 Å². The summed E-state index contributed by atoms with van der Waals surface area (Å²) in [7, 11) is 0. The molecule has 0 aromatic heterocycles. The van der Waals surface area contributed by atoms with Crippen LogP contribution in [-0.4, -0.2) is 16.7 Å². The maximum atomic E-state index is 12.7. The molecule has 1 saturated carbocycles. The Morgan fingerprint density at radius 1 is 1.14 bits per heavy atom. The van der Waals surface area contributed by atoms with Gasteiger partial charge >= 0.3 is 0 Å². The van der Waals surface area contributed by atoms with E-state index < -0.39 is 5.78 Å². The minimum atomic E-state index is -0.477. The second-order valence-electron chi connectivity index (χ2n) is 8.10. The van der Waals surface area contributed by atoms with E-state index in [0.29, 0.717) is 17.1 Å². The molecule has 0 saturated heterocycles. The van der Waals surface area contributed by atoms with Gasteiger partial charge in [0.2, 0.25) is 11.6 Å². The van der Waals surface area contributed by atoms with Crippen LogP contribution in [0.3, 0.4) is 0 Å². The first-order chi connectivity index (χ1) is 10.3. The van der Waals surface area contributed by atoms with Crippen LogP contribution in [0.1, 0.15) is 59.8 Å². The largest absolute Gasteiger partial charge is 0.507 e. The smallest absolute Gasteiger partial charge is 0.233 e. The van der Waals surface area contributed by atoms with Gasteiger partial charge in [0.15, 0.2) is 0 Å². The molecule has 3 aliphatic carbocycles. The molecule has 0 radical (unpaired) electrons. The monoisotopic (exact) mass is 302 g/mol. The van der Waals surface area contributed by atoms with E-state index in [-0.39, 0.29) is 28.8 Å². The van der Waals surface area contributed by atoms with Gasteiger partial charge in [-0.25, -0.2) is 0 Å². The molecule has 1 fully saturated rings. The first-order valence-electron chi connectivity index (χ1n) is 8.51. The van der Waals surface area contributed by atoms with E-state index >= 15 is 0 Å². The molecule has 0 spiro atoms. The molecule has 2 atom stereocenters. The van der Waals surface area contributed by atoms with Crippen LogP contribution in [0.5, 0.6) is 0 Å². The number of carbonyl (C=O) groups excluding carboxylic acids is 2. The quantitative estimate of drug-likeness (QED) is 0.585. The summed E-state index contributed by atoms with van der Waals surface area (Å²) in [6, 6.07) is 0. The van der Waals surface area contributed by atoms with Crippen molar-refractivity contribution in [2.45, 2.75) is 59.8 Å². The summed E-state index contributed by atoms with van der Waals surface area (Å²) in [5.41, 5.74) is 1.95. The van der Waals surface area contributed by atoms with Crippen molar-refractivity contribution in [2.24, 2.45) is 23.2 Å². The lowest BCUT2D eigenvalue weighted by Crippen LogP contribution is -2.43. The van der Waals surface area contributed by atoms with Crippen LogP contribution >= 0.6 is 0 Å². The molecule has 120 valence electrons. The van der Waals surface area contributed by atoms with Crippen molar-refractivity contribution in [1.82, 2.24) is 0 Å². The molecule has 0 heterocycles. The first kappa shape index (κ1) is 15.5. The van der Waals surface area contributed by atoms with Crippen molar-refractivity contribution < 1.29 is 14.7 Å². The Morgan fingerprint density at radius 2 is 1.82 bits per heavy atom. The number of aliphatic hydroxyl groups excluding tert-OH is 1. The molecule has 0 bridgehead atoms. The van der Waals surface area contributed by atoms with Crippen molar-refractivity contribution in [3.8, 4) is 0 Å². The predicted octanol–water partition coefficient (Wildman–Crippen LogP) is 4.14. The third-order valence-electron chi connectivity index (χ3n) is 6.04. The molecule has 0 amide bonds. The Bertz CT molecular complexity index is 604. The summed E-state index contributed by atoms with van der Waals surface area (Å²) in [4.78, 5) is 25.2. The number of Topliss-reactive ketones (excluding diaryl/α,β-unsaturated/α-hetero) is 2. The van der Waals surface area contributed by atoms with E-state index in [9.17, 15) is 14.7 Å². The SMILES string of the molecule is CC(C)C1=C(O)C2=C(C(=O)C1=O)C1CCCC(C)(C)C1CC2. The molecule has 3 rings (SSSR count). The minimum absolute atomic E-state index is 0.108. The topological polar surface area (TPSA) is 54.4 Å². The fourth-order valence-electron chi connectivity index (χ4n) is 4.91. The highest BCUT2D eigenvalue weighted by Crippen LogP contribution is 2.54. The molecule has 0 aromatic rings. The highest BCUT2D eigenvalue weighted by molar-refractivity contribution is 6.50. The number of aliphatic hydroxyl groups is 1. The van der Waals surface area contributed by atoms with Gasteiger partial charge in [-0.3, -0.25) is 9.59 Å². The Balaban J connectivity index is 2.12. The number of allylic oxidation sites excluding steroid dienone is 3. The third-order valence-corrected chi connectivity index (χ3v) is 6.04. The van der Waals surface area contributed by atoms with E-state index in [0.717, 1.165) is 31.3 Å². The summed E-state index contributed by atoms with van der Waals surface area (Å²) in [5, 5.41) is 10.6. The predicted molar refractivity (Wildman–Crippen MR) is 85.4 cm³/mol. The highest BCUT2D eigenvalue weighted by Gasteiger charge is 2.48. The van der Waals surface area contributed by atoms with Crippen LogP contribution < -0.4 is 0 Å². The van der Waals surface area contributed by atoms with Crippen LogP contribution in [0.4, 0.5) is 0 Å². The Morgan fingerprint density at radius 3 is 2.45 bits per heavy atom. The fraction of sp³-hybridized carbons (Fsp3) is 0.684. The highest BCUT2D eigenvalue weighted by atomic mass is 16.3. The standard InChI is InChI=1S/C19H26O3/c1-10(2)14-16(20)12-7-8-13-11(6-5-9-19(13,3)4)15(12)18(22)17(14)21/h10-11,13,20H,5-9H2,1-4H3. The van der Waals surface area contributed by atoms with E-state index in [2.05, 4.69) is 13.8 Å². The van der Waals surface area contributed by atoms with Gasteiger partial charge in [0.05, 0.1) is 0 Å². The summed E-state index contributed by atoms with van der Waals surface area (Å²) in [5.74, 6) is -0.230. The van der Waals surface area contributed by atoms with Crippen LogP contribution in [0.25, 0.3) is 0 Å². The van der Waals surface area contributed by atoms with E-state index in [1.807, 2.05) is 13.8 Å². The third kappa shape index (κ3) is 2.09. The lowest BCUT2D eigenvalue weighted by atomic mass is 9.56. The molecule has 22 heavy (non-hydrogen) atoms. The number of rotatable bonds is 1. The van der Waals surface area contributed by atoms with Crippen molar-refractivity contribution in [1.29, 1.82) is 0 Å². The van der Waals surface area contributed by atoms with Crippen molar-refractivity contribution in [3.05, 3.63) is 22.5 Å². The number of hydrogen-bond donors (Lipinski definition) is 1. The average molecular weight is 302 g/mol. The van der Waals surface area contributed by atoms with Crippen molar-refractivity contribution in [3.63, 3.8) is 0 Å². The molecule has 0 aliphatic heterocycles. The molecule has 2 unspecified atom stereocenters. The molecule has 0 aromatic carbocycles. The number of ketones is 2. The van der Waals surface area contributed by atoms with Gasteiger partial charge in [0.1, 0.15) is 5.76 Å². The van der Waals surface area contributed by atoms with Gasteiger partial charge in [-0.1, -0.05) is 34.1 Å². The molecule has 3 nitrogen and oxygen atoms in total. The number of fused-ring (bicyclic) bond motifs is 2. The number of carbonyl (C=O) groups is 2. The van der Waals surface area contributed by atoms with Gasteiger partial charge in [-0.2, -0.15) is 0 Å². The fourth-order valence-corrected chi connectivity index (χ4v) is 4.91. The number of hydrogen-bond acceptors (Lipinski definition) is 3. The molecule has 3 aliphatic rings. The average Bonchev–Trinajstić information content (AvgIpc) is 2.43. The second kappa shape index (κ2) is 5.07. The minimum Gasteiger partial charge on any atom is -0.507 e. The van der Waals surface area contributed by atoms with Gasteiger partial charge in [-0.15, -0.1) is 0 Å². The summed E-state index contributed by atoms with van der Waals surface area (Å²) in [6.07, 6.45) is 4.97. The molecule has 1 N–H and O–H groups in total. The van der Waals surface area contributed by atoms with Crippen LogP contribution in [0.2, 0.25) is 0 Å². The Kier molecular flexibility index (Phi) is 3.58. The van der Waals surface area contributed by atoms with Gasteiger partial charge in [0.25, 0.3) is 0 Å². The Hall–Kier alpha value is -1.38. The zero-order valence-corrected chi connectivity index (χ0v) is 14.0. The summed E-state index contributed by atoms with van der Waals surface area (Å²) in [6.45, 7) is 8.27. The molecular formula is C19H26O3. The second-order valence-corrected chi connectivity index (χ2v) is 8.10. The molecule has 3 heteroatoms. The summed E-state index contributed by atoms with van der Waals surface area (Å²) < 4.78 is 0. The maximum absolute atomic E-state index is 12.7. The molecular weight excluding hydrogens is 276 g/mol. The van der Waals surface area contributed by atoms with Crippen LogP contribution in [0, 0.1) is 23.2 Å². The van der Waals surface area contributed by atoms with E-state index in [4.69, 9.17) is 0 Å². The maximum Gasteiger partial charge on any atom is 0.233 e. The normalized spacial score (nSPS) is 31.5. The van der Waals surface area contributed by atoms with Crippen molar-refractivity contribution >= 4 is 11.6 Å². The van der Waals surface area contributed by atoms with Gasteiger partial charge in [-0.05, 0) is 48.9 Å². The van der Waals surface area contributed by atoms with Crippen LogP contribution in [-0.2, 0) is 9.59 Å². The summed E-state index contributed by atoms with van der Waals surface area (Å²) >= 11 is 0. The van der Waals surface area contributed by atoms with E-state index in [1.54, 1.807) is 0 Å². The lowest BCUT2D eigenvalue weighted by Gasteiger charge is -2.48. The van der Waals surface area contributed by atoms with Gasteiger partial charge < -0.3 is 5.11 Å². The lowest BCUT2D eigenvalue weighted by molar-refractivity contribution is -0.133. The zero-order valence-electron chi connectivity index (χ0n) is 14.0. The van der Waals surface area contributed by atoms with Crippen molar-refractivity contribution in [2.75, 3.05) is 0 Å². The zero-order chi connectivity index (χ0) is 16.2. The van der Waals surface area contributed by atoms with Gasteiger partial charge in [0, 0.05) is 16.7 Å². The van der Waals surface area contributed by atoms with E-state index in [1.165, 1.54) is 6.42 Å².